The minimum absolute atomic E-state index is 0.0338. The largest absolute Gasteiger partial charge is 0.355 e. The molecule has 6 nitrogen and oxygen atoms in total. The minimum Gasteiger partial charge on any atom is -0.355 e. The van der Waals surface area contributed by atoms with Crippen LogP contribution in [-0.2, 0) is 16.6 Å². The Morgan fingerprint density at radius 3 is 2.46 bits per heavy atom. The van der Waals surface area contributed by atoms with E-state index >= 15 is 0 Å². The van der Waals surface area contributed by atoms with E-state index in [-0.39, 0.29) is 24.4 Å². The number of guanidine groups is 1. The Balaban J connectivity index is 2.53. The zero-order valence-electron chi connectivity index (χ0n) is 14.1. The average Bonchev–Trinajstić information content (AvgIpc) is 2.54. The molecule has 24 heavy (non-hydrogen) atoms. The number of hydrogen-bond donors (Lipinski definition) is 2. The lowest BCUT2D eigenvalue weighted by Gasteiger charge is -2.19. The van der Waals surface area contributed by atoms with Gasteiger partial charge in [-0.05, 0) is 18.2 Å². The molecule has 0 saturated carbocycles. The Labute approximate surface area is 142 Å². The van der Waals surface area contributed by atoms with Gasteiger partial charge < -0.3 is 10.6 Å². The summed E-state index contributed by atoms with van der Waals surface area (Å²) in [5.41, 5.74) is 0.161. The van der Waals surface area contributed by atoms with Crippen LogP contribution in [0.4, 0.5) is 8.78 Å². The van der Waals surface area contributed by atoms with Gasteiger partial charge in [0.05, 0.1) is 5.75 Å². The maximum atomic E-state index is 13.5. The number of nitrogens with zero attached hydrogens (tertiary/aromatic N) is 2. The van der Waals surface area contributed by atoms with Crippen LogP contribution in [0.2, 0.25) is 0 Å². The third kappa shape index (κ3) is 6.04. The van der Waals surface area contributed by atoms with Crippen LogP contribution in [0, 0.1) is 11.6 Å². The van der Waals surface area contributed by atoms with E-state index in [1.807, 2.05) is 0 Å². The van der Waals surface area contributed by atoms with Gasteiger partial charge in [-0.15, -0.1) is 0 Å². The Bertz CT molecular complexity index is 661. The fraction of sp³-hybridized carbons (Fsp3) is 0.533. The molecular formula is C15H24F2N4O2S. The van der Waals surface area contributed by atoms with Crippen molar-refractivity contribution in [2.45, 2.75) is 20.4 Å². The molecule has 136 valence electrons. The van der Waals surface area contributed by atoms with Crippen molar-refractivity contribution in [3.63, 3.8) is 0 Å². The summed E-state index contributed by atoms with van der Waals surface area (Å²) >= 11 is 0. The number of sulfonamides is 1. The first-order valence-corrected chi connectivity index (χ1v) is 9.31. The van der Waals surface area contributed by atoms with Gasteiger partial charge in [-0.25, -0.2) is 21.5 Å². The van der Waals surface area contributed by atoms with Gasteiger partial charge in [0.25, 0.3) is 0 Å². The number of rotatable bonds is 8. The van der Waals surface area contributed by atoms with Gasteiger partial charge in [0.15, 0.2) is 5.96 Å². The molecule has 1 aromatic carbocycles. The third-order valence-corrected chi connectivity index (χ3v) is 5.45. The standard InChI is InChI=1S/C15H24F2N4O2S/c1-4-21(5-2)24(22,23)9-8-19-15(18-3)20-11-12-10-13(16)6-7-14(12)17/h6-7,10H,4-5,8-9,11H2,1-3H3,(H2,18,19,20). The predicted molar refractivity (Wildman–Crippen MR) is 91.3 cm³/mol. The van der Waals surface area contributed by atoms with E-state index in [0.29, 0.717) is 19.0 Å². The lowest BCUT2D eigenvalue weighted by Crippen LogP contribution is -2.42. The Morgan fingerprint density at radius 1 is 1.21 bits per heavy atom. The average molecular weight is 362 g/mol. The molecule has 0 aliphatic carbocycles. The van der Waals surface area contributed by atoms with Crippen molar-refractivity contribution in [1.82, 2.24) is 14.9 Å². The molecule has 1 rings (SSSR count). The molecule has 0 aliphatic rings. The molecule has 0 fully saturated rings. The van der Waals surface area contributed by atoms with Crippen molar-refractivity contribution in [2.24, 2.45) is 4.99 Å². The van der Waals surface area contributed by atoms with Gasteiger partial charge >= 0.3 is 0 Å². The van der Waals surface area contributed by atoms with E-state index in [2.05, 4.69) is 15.6 Å². The summed E-state index contributed by atoms with van der Waals surface area (Å²) in [4.78, 5) is 3.93. The van der Waals surface area contributed by atoms with E-state index in [1.165, 1.54) is 11.4 Å². The summed E-state index contributed by atoms with van der Waals surface area (Å²) in [7, 11) is -1.82. The molecule has 0 bridgehead atoms. The van der Waals surface area contributed by atoms with Crippen molar-refractivity contribution in [1.29, 1.82) is 0 Å². The zero-order valence-corrected chi connectivity index (χ0v) is 15.0. The van der Waals surface area contributed by atoms with Crippen molar-refractivity contribution >= 4 is 16.0 Å². The molecule has 0 unspecified atom stereocenters. The molecule has 0 radical (unpaired) electrons. The van der Waals surface area contributed by atoms with Crippen molar-refractivity contribution in [3.05, 3.63) is 35.4 Å². The summed E-state index contributed by atoms with van der Waals surface area (Å²) in [5, 5.41) is 5.67. The molecule has 1 aromatic rings. The van der Waals surface area contributed by atoms with Gasteiger partial charge in [-0.2, -0.15) is 0 Å². The highest BCUT2D eigenvalue weighted by atomic mass is 32.2. The van der Waals surface area contributed by atoms with E-state index in [1.54, 1.807) is 13.8 Å². The van der Waals surface area contributed by atoms with Crippen LogP contribution in [-0.4, -0.2) is 51.1 Å². The number of benzene rings is 1. The third-order valence-electron chi connectivity index (χ3n) is 3.43. The molecule has 0 heterocycles. The molecule has 0 atom stereocenters. The second-order valence-corrected chi connectivity index (χ2v) is 7.08. The Kier molecular flexibility index (Phi) is 8.06. The van der Waals surface area contributed by atoms with E-state index in [9.17, 15) is 17.2 Å². The van der Waals surface area contributed by atoms with Gasteiger partial charge in [-0.3, -0.25) is 4.99 Å². The summed E-state index contributed by atoms with van der Waals surface area (Å²) in [6.45, 7) is 4.59. The van der Waals surface area contributed by atoms with Crippen molar-refractivity contribution < 1.29 is 17.2 Å². The van der Waals surface area contributed by atoms with Crippen LogP contribution < -0.4 is 10.6 Å². The van der Waals surface area contributed by atoms with E-state index in [4.69, 9.17) is 0 Å². The normalized spacial score (nSPS) is 12.5. The van der Waals surface area contributed by atoms with Crippen LogP contribution in [0.5, 0.6) is 0 Å². The minimum atomic E-state index is -3.33. The summed E-state index contributed by atoms with van der Waals surface area (Å²) in [6.07, 6.45) is 0. The lowest BCUT2D eigenvalue weighted by molar-refractivity contribution is 0.445. The maximum Gasteiger partial charge on any atom is 0.215 e. The second kappa shape index (κ2) is 9.53. The summed E-state index contributed by atoms with van der Waals surface area (Å²) < 4.78 is 52.2. The molecule has 0 amide bonds. The number of halogens is 2. The van der Waals surface area contributed by atoms with Gasteiger partial charge in [0, 0.05) is 38.8 Å². The Hall–Kier alpha value is -1.74. The fourth-order valence-corrected chi connectivity index (χ4v) is 3.53. The quantitative estimate of drug-likeness (QED) is 0.540. The molecular weight excluding hydrogens is 338 g/mol. The molecule has 0 aliphatic heterocycles. The Morgan fingerprint density at radius 2 is 1.88 bits per heavy atom. The highest BCUT2D eigenvalue weighted by molar-refractivity contribution is 7.89. The second-order valence-electron chi connectivity index (χ2n) is 4.99. The SMILES string of the molecule is CCN(CC)S(=O)(=O)CCNC(=NC)NCc1cc(F)ccc1F. The van der Waals surface area contributed by atoms with Crippen LogP contribution in [0.1, 0.15) is 19.4 Å². The van der Waals surface area contributed by atoms with Gasteiger partial charge in [0.2, 0.25) is 10.0 Å². The molecule has 0 spiro atoms. The first kappa shape index (κ1) is 20.3. The van der Waals surface area contributed by atoms with Crippen LogP contribution in [0.15, 0.2) is 23.2 Å². The van der Waals surface area contributed by atoms with E-state index in [0.717, 1.165) is 18.2 Å². The van der Waals surface area contributed by atoms with Crippen molar-refractivity contribution in [3.8, 4) is 0 Å². The first-order chi connectivity index (χ1) is 11.3. The van der Waals surface area contributed by atoms with Crippen LogP contribution in [0.25, 0.3) is 0 Å². The molecule has 2 N–H and O–H groups in total. The highest BCUT2D eigenvalue weighted by Crippen LogP contribution is 2.09. The maximum absolute atomic E-state index is 13.5. The first-order valence-electron chi connectivity index (χ1n) is 7.70. The number of nitrogens with one attached hydrogen (secondary N) is 2. The van der Waals surface area contributed by atoms with Crippen molar-refractivity contribution in [2.75, 3.05) is 32.4 Å². The van der Waals surface area contributed by atoms with Crippen LogP contribution >= 0.6 is 0 Å². The number of hydrogen-bond acceptors (Lipinski definition) is 3. The molecule has 9 heteroatoms. The van der Waals surface area contributed by atoms with Crippen LogP contribution in [0.3, 0.4) is 0 Å². The topological polar surface area (TPSA) is 73.8 Å². The summed E-state index contributed by atoms with van der Waals surface area (Å²) in [5.74, 6) is -0.817. The summed E-state index contributed by atoms with van der Waals surface area (Å²) in [6, 6.07) is 3.20. The van der Waals surface area contributed by atoms with Gasteiger partial charge in [0.1, 0.15) is 11.6 Å². The van der Waals surface area contributed by atoms with E-state index < -0.39 is 21.7 Å². The number of aliphatic imine (C=N–C) groups is 1. The molecule has 0 saturated heterocycles. The van der Waals surface area contributed by atoms with Gasteiger partial charge in [-0.1, -0.05) is 13.8 Å². The monoisotopic (exact) mass is 362 g/mol. The predicted octanol–water partition coefficient (Wildman–Crippen LogP) is 1.30. The smallest absolute Gasteiger partial charge is 0.215 e. The molecule has 0 aromatic heterocycles. The fourth-order valence-electron chi connectivity index (χ4n) is 2.12. The zero-order chi connectivity index (χ0) is 18.2. The highest BCUT2D eigenvalue weighted by Gasteiger charge is 2.18. The lowest BCUT2D eigenvalue weighted by atomic mass is 10.2.